The molecule has 1 aromatic heterocycles. The Labute approximate surface area is 117 Å². The fraction of sp³-hybridized carbons (Fsp3) is 0.333. The van der Waals surface area contributed by atoms with Gasteiger partial charge in [0, 0.05) is 17.3 Å². The maximum atomic E-state index is 12.0. The number of rotatable bonds is 5. The molecule has 2 aromatic rings. The number of aromatic nitrogens is 1. The normalized spacial score (nSPS) is 12.3. The molecule has 0 bridgehead atoms. The third-order valence-corrected chi connectivity index (χ3v) is 3.21. The molecule has 20 heavy (non-hydrogen) atoms. The second-order valence-electron chi connectivity index (χ2n) is 5.00. The Hall–Kier alpha value is -2.30. The van der Waals surface area contributed by atoms with Crippen molar-refractivity contribution < 1.29 is 14.7 Å². The molecular weight excluding hydrogens is 256 g/mol. The lowest BCUT2D eigenvalue weighted by Gasteiger charge is -2.13. The van der Waals surface area contributed by atoms with Crippen LogP contribution in [0, 0.1) is 6.92 Å². The van der Waals surface area contributed by atoms with Gasteiger partial charge in [-0.3, -0.25) is 9.59 Å². The molecule has 0 spiro atoms. The summed E-state index contributed by atoms with van der Waals surface area (Å²) in [5, 5.41) is 12.5. The molecule has 2 rings (SSSR count). The van der Waals surface area contributed by atoms with Crippen LogP contribution < -0.4 is 5.32 Å². The molecule has 1 unspecified atom stereocenters. The van der Waals surface area contributed by atoms with Gasteiger partial charge in [0.05, 0.1) is 6.42 Å². The van der Waals surface area contributed by atoms with Gasteiger partial charge < -0.3 is 15.0 Å². The second-order valence-corrected chi connectivity index (χ2v) is 5.00. The highest BCUT2D eigenvalue weighted by atomic mass is 16.4. The number of carbonyl (C=O) groups is 2. The average molecular weight is 274 g/mol. The minimum Gasteiger partial charge on any atom is -0.481 e. The van der Waals surface area contributed by atoms with E-state index in [1.54, 1.807) is 6.92 Å². The lowest BCUT2D eigenvalue weighted by Crippen LogP contribution is -2.36. The third-order valence-electron chi connectivity index (χ3n) is 3.21. The minimum absolute atomic E-state index is 0.0723. The van der Waals surface area contributed by atoms with Crippen molar-refractivity contribution in [2.75, 3.05) is 0 Å². The predicted octanol–water partition coefficient (Wildman–Crippen LogP) is 1.93. The lowest BCUT2D eigenvalue weighted by molar-refractivity contribution is -0.137. The van der Waals surface area contributed by atoms with Crippen molar-refractivity contribution in [2.24, 2.45) is 0 Å². The number of hydrogen-bond acceptors (Lipinski definition) is 2. The molecule has 0 aliphatic carbocycles. The summed E-state index contributed by atoms with van der Waals surface area (Å²) >= 11 is 0. The van der Waals surface area contributed by atoms with Gasteiger partial charge in [0.1, 0.15) is 6.54 Å². The van der Waals surface area contributed by atoms with Gasteiger partial charge in [0.15, 0.2) is 0 Å². The quantitative estimate of drug-likeness (QED) is 0.875. The topological polar surface area (TPSA) is 71.3 Å². The molecule has 0 aliphatic heterocycles. The van der Waals surface area contributed by atoms with Gasteiger partial charge in [-0.05, 0) is 31.4 Å². The molecule has 0 saturated carbocycles. The zero-order chi connectivity index (χ0) is 14.7. The summed E-state index contributed by atoms with van der Waals surface area (Å²) in [6, 6.07) is 9.52. The van der Waals surface area contributed by atoms with E-state index in [-0.39, 0.29) is 24.9 Å². The molecule has 5 heteroatoms. The maximum absolute atomic E-state index is 12.0. The summed E-state index contributed by atoms with van der Waals surface area (Å²) in [6.07, 6.45) is -0.0723. The van der Waals surface area contributed by atoms with Gasteiger partial charge in [0.25, 0.3) is 0 Å². The zero-order valence-corrected chi connectivity index (χ0v) is 11.6. The molecule has 1 atom stereocenters. The first-order chi connectivity index (χ1) is 9.47. The van der Waals surface area contributed by atoms with Gasteiger partial charge >= 0.3 is 5.97 Å². The number of carboxylic acids is 1. The molecule has 0 saturated heterocycles. The smallest absolute Gasteiger partial charge is 0.305 e. The first-order valence-electron chi connectivity index (χ1n) is 6.53. The fourth-order valence-corrected chi connectivity index (χ4v) is 2.34. The Balaban J connectivity index is 2.10. The molecule has 0 radical (unpaired) electrons. The van der Waals surface area contributed by atoms with Crippen molar-refractivity contribution in [3.05, 3.63) is 36.0 Å². The summed E-state index contributed by atoms with van der Waals surface area (Å²) in [6.45, 7) is 3.84. The number of amides is 1. The highest BCUT2D eigenvalue weighted by Gasteiger charge is 2.13. The minimum atomic E-state index is -0.916. The summed E-state index contributed by atoms with van der Waals surface area (Å²) in [4.78, 5) is 22.6. The molecule has 1 amide bonds. The van der Waals surface area contributed by atoms with Crippen LogP contribution in [0.2, 0.25) is 0 Å². The van der Waals surface area contributed by atoms with Crippen molar-refractivity contribution in [2.45, 2.75) is 32.9 Å². The lowest BCUT2D eigenvalue weighted by atomic mass is 10.2. The Morgan fingerprint density at radius 1 is 1.35 bits per heavy atom. The van der Waals surface area contributed by atoms with Crippen LogP contribution in [0.1, 0.15) is 19.0 Å². The van der Waals surface area contributed by atoms with Crippen LogP contribution in [-0.2, 0) is 16.1 Å². The van der Waals surface area contributed by atoms with E-state index in [4.69, 9.17) is 5.11 Å². The molecular formula is C15H18N2O3. The fourth-order valence-electron chi connectivity index (χ4n) is 2.34. The molecule has 0 aliphatic rings. The van der Waals surface area contributed by atoms with Gasteiger partial charge in [-0.1, -0.05) is 18.2 Å². The highest BCUT2D eigenvalue weighted by molar-refractivity contribution is 5.84. The van der Waals surface area contributed by atoms with E-state index in [0.29, 0.717) is 0 Å². The number of benzene rings is 1. The van der Waals surface area contributed by atoms with Gasteiger partial charge in [-0.2, -0.15) is 0 Å². The second kappa shape index (κ2) is 5.77. The number of fused-ring (bicyclic) bond motifs is 1. The summed E-state index contributed by atoms with van der Waals surface area (Å²) < 4.78 is 1.93. The largest absolute Gasteiger partial charge is 0.481 e. The number of nitrogens with zero attached hydrogens (tertiary/aromatic N) is 1. The van der Waals surface area contributed by atoms with Crippen molar-refractivity contribution in [1.29, 1.82) is 0 Å². The van der Waals surface area contributed by atoms with Crippen LogP contribution >= 0.6 is 0 Å². The van der Waals surface area contributed by atoms with E-state index in [1.165, 1.54) is 0 Å². The average Bonchev–Trinajstić information content (AvgIpc) is 2.65. The molecule has 5 nitrogen and oxygen atoms in total. The highest BCUT2D eigenvalue weighted by Crippen LogP contribution is 2.18. The van der Waals surface area contributed by atoms with Crippen molar-refractivity contribution in [3.63, 3.8) is 0 Å². The number of aryl methyl sites for hydroxylation is 1. The number of aliphatic carboxylic acids is 1. The van der Waals surface area contributed by atoms with E-state index in [1.807, 2.05) is 41.8 Å². The summed E-state index contributed by atoms with van der Waals surface area (Å²) in [5.41, 5.74) is 2.01. The summed E-state index contributed by atoms with van der Waals surface area (Å²) in [5.74, 6) is -1.09. The van der Waals surface area contributed by atoms with Crippen LogP contribution in [-0.4, -0.2) is 27.6 Å². The van der Waals surface area contributed by atoms with Gasteiger partial charge in [-0.15, -0.1) is 0 Å². The van der Waals surface area contributed by atoms with E-state index < -0.39 is 5.97 Å². The van der Waals surface area contributed by atoms with E-state index in [0.717, 1.165) is 16.6 Å². The van der Waals surface area contributed by atoms with Crippen molar-refractivity contribution in [3.8, 4) is 0 Å². The van der Waals surface area contributed by atoms with E-state index in [9.17, 15) is 9.59 Å². The SMILES string of the molecule is Cc1cc2ccccc2n1CC(=O)NC(C)CC(=O)O. The Morgan fingerprint density at radius 2 is 2.05 bits per heavy atom. The van der Waals surface area contributed by atoms with Crippen LogP contribution in [0.3, 0.4) is 0 Å². The summed E-state index contributed by atoms with van der Waals surface area (Å²) in [7, 11) is 0. The van der Waals surface area contributed by atoms with Crippen LogP contribution in [0.25, 0.3) is 10.9 Å². The Kier molecular flexibility index (Phi) is 4.08. The monoisotopic (exact) mass is 274 g/mol. The molecule has 2 N–H and O–H groups in total. The molecule has 0 fully saturated rings. The molecule has 1 heterocycles. The maximum Gasteiger partial charge on any atom is 0.305 e. The Morgan fingerprint density at radius 3 is 2.75 bits per heavy atom. The van der Waals surface area contributed by atoms with Crippen molar-refractivity contribution >= 4 is 22.8 Å². The molecule has 106 valence electrons. The predicted molar refractivity (Wildman–Crippen MR) is 76.5 cm³/mol. The number of carboxylic acid groups (broad SMARTS) is 1. The number of nitrogens with one attached hydrogen (secondary N) is 1. The third kappa shape index (κ3) is 3.17. The van der Waals surface area contributed by atoms with Gasteiger partial charge in [-0.25, -0.2) is 0 Å². The van der Waals surface area contributed by atoms with E-state index >= 15 is 0 Å². The zero-order valence-electron chi connectivity index (χ0n) is 11.6. The van der Waals surface area contributed by atoms with Crippen LogP contribution in [0.4, 0.5) is 0 Å². The molecule has 1 aromatic carbocycles. The standard InChI is InChI=1S/C15H18N2O3/c1-10(7-15(19)20)16-14(18)9-17-11(2)8-12-5-3-4-6-13(12)17/h3-6,8,10H,7,9H2,1-2H3,(H,16,18)(H,19,20). The number of carbonyl (C=O) groups excluding carboxylic acids is 1. The van der Waals surface area contributed by atoms with Crippen LogP contribution in [0.15, 0.2) is 30.3 Å². The van der Waals surface area contributed by atoms with Crippen LogP contribution in [0.5, 0.6) is 0 Å². The number of hydrogen-bond donors (Lipinski definition) is 2. The van der Waals surface area contributed by atoms with E-state index in [2.05, 4.69) is 5.32 Å². The first-order valence-corrected chi connectivity index (χ1v) is 6.53. The van der Waals surface area contributed by atoms with Crippen molar-refractivity contribution in [1.82, 2.24) is 9.88 Å². The number of para-hydroxylation sites is 1. The Bertz CT molecular complexity index is 646. The van der Waals surface area contributed by atoms with Gasteiger partial charge in [0.2, 0.25) is 5.91 Å². The first kappa shape index (κ1) is 14.1.